The van der Waals surface area contributed by atoms with Gasteiger partial charge < -0.3 is 9.64 Å². The van der Waals surface area contributed by atoms with E-state index in [4.69, 9.17) is 4.74 Å². The zero-order chi connectivity index (χ0) is 18.1. The van der Waals surface area contributed by atoms with E-state index in [-0.39, 0.29) is 23.7 Å². The maximum Gasteiger partial charge on any atom is 0.338 e. The van der Waals surface area contributed by atoms with Gasteiger partial charge in [0.2, 0.25) is 5.91 Å². The molecular formula is C19H16FNO4. The van der Waals surface area contributed by atoms with Crippen molar-refractivity contribution in [2.75, 3.05) is 18.6 Å². The van der Waals surface area contributed by atoms with Crippen molar-refractivity contribution in [2.45, 2.75) is 13.3 Å². The first-order valence-electron chi connectivity index (χ1n) is 7.73. The molecule has 0 N–H and O–H groups in total. The number of halogens is 1. The van der Waals surface area contributed by atoms with Gasteiger partial charge in [-0.05, 0) is 48.4 Å². The smallest absolute Gasteiger partial charge is 0.338 e. The molecule has 0 aliphatic carbocycles. The molecule has 25 heavy (non-hydrogen) atoms. The lowest BCUT2D eigenvalue weighted by atomic mass is 10.1. The zero-order valence-electron chi connectivity index (χ0n) is 13.8. The summed E-state index contributed by atoms with van der Waals surface area (Å²) in [4.78, 5) is 37.4. The number of amides is 1. The van der Waals surface area contributed by atoms with Crippen LogP contribution in [0.1, 0.15) is 31.8 Å². The Hall–Kier alpha value is -3.02. The van der Waals surface area contributed by atoms with Crippen molar-refractivity contribution in [3.05, 3.63) is 64.5 Å². The maximum atomic E-state index is 13.5. The van der Waals surface area contributed by atoms with E-state index in [1.165, 1.54) is 17.0 Å². The Morgan fingerprint density at radius 1 is 1.16 bits per heavy atom. The van der Waals surface area contributed by atoms with E-state index in [1.54, 1.807) is 32.2 Å². The summed E-state index contributed by atoms with van der Waals surface area (Å²) in [6.45, 7) is 1.14. The standard InChI is InChI=1S/C19H16FNO4/c1-11-3-4-13(8-15(11)20)19(24)25-10-17(22)12-5-6-16-14(7-12)9-18(23)21(16)2/h3-8H,9-10H2,1-2H3. The number of fused-ring (bicyclic) bond motifs is 1. The molecule has 1 heterocycles. The number of rotatable bonds is 4. The number of Topliss-reactive ketones (excluding diaryl/α,β-unsaturated/α-hetero) is 1. The summed E-state index contributed by atoms with van der Waals surface area (Å²) in [6.07, 6.45) is 0.245. The lowest BCUT2D eigenvalue weighted by Crippen LogP contribution is -2.20. The number of esters is 1. The Morgan fingerprint density at radius 3 is 2.60 bits per heavy atom. The van der Waals surface area contributed by atoms with Gasteiger partial charge in [-0.25, -0.2) is 9.18 Å². The quantitative estimate of drug-likeness (QED) is 0.634. The molecule has 0 bridgehead atoms. The van der Waals surface area contributed by atoms with Crippen LogP contribution in [0, 0.1) is 12.7 Å². The number of benzene rings is 2. The third kappa shape index (κ3) is 3.28. The number of aryl methyl sites for hydroxylation is 1. The molecule has 0 fully saturated rings. The van der Waals surface area contributed by atoms with Crippen LogP contribution in [0.2, 0.25) is 0 Å². The van der Waals surface area contributed by atoms with Crippen LogP contribution in [0.3, 0.4) is 0 Å². The molecular weight excluding hydrogens is 325 g/mol. The van der Waals surface area contributed by atoms with Gasteiger partial charge in [-0.1, -0.05) is 6.07 Å². The van der Waals surface area contributed by atoms with E-state index in [9.17, 15) is 18.8 Å². The van der Waals surface area contributed by atoms with E-state index in [0.29, 0.717) is 11.1 Å². The fraction of sp³-hybridized carbons (Fsp3) is 0.211. The summed E-state index contributed by atoms with van der Waals surface area (Å²) in [6, 6.07) is 8.93. The third-order valence-electron chi connectivity index (χ3n) is 4.22. The minimum Gasteiger partial charge on any atom is -0.454 e. The second-order valence-electron chi connectivity index (χ2n) is 5.94. The molecule has 1 aliphatic heterocycles. The van der Waals surface area contributed by atoms with Gasteiger partial charge >= 0.3 is 5.97 Å². The average Bonchev–Trinajstić information content (AvgIpc) is 2.88. The monoisotopic (exact) mass is 341 g/mol. The van der Waals surface area contributed by atoms with Gasteiger partial charge in [-0.15, -0.1) is 0 Å². The number of hydrogen-bond donors (Lipinski definition) is 0. The number of ketones is 1. The number of carbonyl (C=O) groups is 3. The molecule has 5 nitrogen and oxygen atoms in total. The van der Waals surface area contributed by atoms with Crippen molar-refractivity contribution < 1.29 is 23.5 Å². The van der Waals surface area contributed by atoms with Gasteiger partial charge in [-0.3, -0.25) is 9.59 Å². The number of carbonyl (C=O) groups excluding carboxylic acids is 3. The molecule has 0 saturated carbocycles. The van der Waals surface area contributed by atoms with Crippen LogP contribution < -0.4 is 4.90 Å². The average molecular weight is 341 g/mol. The number of anilines is 1. The Kier molecular flexibility index (Phi) is 4.35. The minimum absolute atomic E-state index is 0.0348. The summed E-state index contributed by atoms with van der Waals surface area (Å²) in [5.74, 6) is -1.69. The first-order valence-corrected chi connectivity index (χ1v) is 7.73. The largest absolute Gasteiger partial charge is 0.454 e. The molecule has 0 unspecified atom stereocenters. The van der Waals surface area contributed by atoms with Gasteiger partial charge in [0, 0.05) is 18.3 Å². The predicted octanol–water partition coefficient (Wildman–Crippen LogP) is 2.69. The van der Waals surface area contributed by atoms with Gasteiger partial charge in [0.05, 0.1) is 12.0 Å². The highest BCUT2D eigenvalue weighted by atomic mass is 19.1. The van der Waals surface area contributed by atoms with Gasteiger partial charge in [0.25, 0.3) is 0 Å². The number of likely N-dealkylation sites (N-methyl/N-ethyl adjacent to an activating group) is 1. The second-order valence-corrected chi connectivity index (χ2v) is 5.94. The normalized spacial score (nSPS) is 12.9. The second kappa shape index (κ2) is 6.47. The molecule has 2 aromatic rings. The summed E-state index contributed by atoms with van der Waals surface area (Å²) < 4.78 is 18.5. The molecule has 2 aromatic carbocycles. The Labute approximate surface area is 144 Å². The molecule has 0 atom stereocenters. The van der Waals surface area contributed by atoms with Crippen molar-refractivity contribution in [1.82, 2.24) is 0 Å². The van der Waals surface area contributed by atoms with Gasteiger partial charge in [-0.2, -0.15) is 0 Å². The Morgan fingerprint density at radius 2 is 1.88 bits per heavy atom. The minimum atomic E-state index is -0.761. The third-order valence-corrected chi connectivity index (χ3v) is 4.22. The highest BCUT2D eigenvalue weighted by molar-refractivity contribution is 6.04. The van der Waals surface area contributed by atoms with Crippen LogP contribution >= 0.6 is 0 Å². The maximum absolute atomic E-state index is 13.5. The molecule has 0 saturated heterocycles. The molecule has 6 heteroatoms. The van der Waals surface area contributed by atoms with Crippen LogP contribution in [0.5, 0.6) is 0 Å². The van der Waals surface area contributed by atoms with E-state index in [1.807, 2.05) is 0 Å². The van der Waals surface area contributed by atoms with Crippen molar-refractivity contribution in [3.63, 3.8) is 0 Å². The molecule has 1 amide bonds. The highest BCUT2D eigenvalue weighted by Gasteiger charge is 2.25. The molecule has 1 aliphatic rings. The molecule has 0 aromatic heterocycles. The lowest BCUT2D eigenvalue weighted by Gasteiger charge is -2.10. The highest BCUT2D eigenvalue weighted by Crippen LogP contribution is 2.28. The van der Waals surface area contributed by atoms with Crippen molar-refractivity contribution in [1.29, 1.82) is 0 Å². The summed E-state index contributed by atoms with van der Waals surface area (Å²) >= 11 is 0. The summed E-state index contributed by atoms with van der Waals surface area (Å²) in [5, 5.41) is 0. The molecule has 3 rings (SSSR count). The number of hydrogen-bond acceptors (Lipinski definition) is 4. The topological polar surface area (TPSA) is 63.7 Å². The number of nitrogens with zero attached hydrogens (tertiary/aromatic N) is 1. The van der Waals surface area contributed by atoms with Gasteiger partial charge in [0.15, 0.2) is 12.4 Å². The zero-order valence-corrected chi connectivity index (χ0v) is 13.8. The summed E-state index contributed by atoms with van der Waals surface area (Å²) in [5.41, 5.74) is 2.38. The first-order chi connectivity index (χ1) is 11.9. The van der Waals surface area contributed by atoms with Crippen LogP contribution in [0.25, 0.3) is 0 Å². The van der Waals surface area contributed by atoms with E-state index in [0.717, 1.165) is 17.3 Å². The van der Waals surface area contributed by atoms with E-state index >= 15 is 0 Å². The SMILES string of the molecule is Cc1ccc(C(=O)OCC(=O)c2ccc3c(c2)CC(=O)N3C)cc1F. The van der Waals surface area contributed by atoms with Crippen molar-refractivity contribution >= 4 is 23.3 Å². The van der Waals surface area contributed by atoms with E-state index < -0.39 is 18.4 Å². The fourth-order valence-corrected chi connectivity index (χ4v) is 2.66. The lowest BCUT2D eigenvalue weighted by molar-refractivity contribution is -0.117. The molecule has 0 spiro atoms. The number of ether oxygens (including phenoxy) is 1. The first kappa shape index (κ1) is 16.8. The summed E-state index contributed by atoms with van der Waals surface area (Å²) in [7, 11) is 1.68. The Balaban J connectivity index is 1.67. The molecule has 0 radical (unpaired) electrons. The van der Waals surface area contributed by atoms with Crippen LogP contribution in [-0.4, -0.2) is 31.3 Å². The Bertz CT molecular complexity index is 891. The fourth-order valence-electron chi connectivity index (χ4n) is 2.66. The van der Waals surface area contributed by atoms with Crippen LogP contribution in [0.4, 0.5) is 10.1 Å². The van der Waals surface area contributed by atoms with Crippen LogP contribution in [0.15, 0.2) is 36.4 Å². The van der Waals surface area contributed by atoms with Crippen molar-refractivity contribution in [3.8, 4) is 0 Å². The van der Waals surface area contributed by atoms with Crippen molar-refractivity contribution in [2.24, 2.45) is 0 Å². The van der Waals surface area contributed by atoms with Crippen LogP contribution in [-0.2, 0) is 16.0 Å². The van der Waals surface area contributed by atoms with E-state index in [2.05, 4.69) is 0 Å². The van der Waals surface area contributed by atoms with Gasteiger partial charge in [0.1, 0.15) is 5.82 Å². The predicted molar refractivity (Wildman–Crippen MR) is 89.3 cm³/mol. The molecule has 128 valence electrons.